The van der Waals surface area contributed by atoms with Gasteiger partial charge in [0.05, 0.1) is 0 Å². The van der Waals surface area contributed by atoms with Crippen LogP contribution in [0.15, 0.2) is 35.7 Å². The van der Waals surface area contributed by atoms with Gasteiger partial charge in [0.25, 0.3) is 0 Å². The summed E-state index contributed by atoms with van der Waals surface area (Å²) in [6, 6.07) is 0. The lowest BCUT2D eigenvalue weighted by Crippen LogP contribution is -2.02. The molecular formula is C10H18N2. The summed E-state index contributed by atoms with van der Waals surface area (Å²) >= 11 is 0. The third-order valence-electron chi connectivity index (χ3n) is 1.50. The summed E-state index contributed by atoms with van der Waals surface area (Å²) in [6.45, 7) is 4.00. The molecule has 0 bridgehead atoms. The standard InChI is InChI=1S/C8H12N2.C2H6/c9-6-5-7-3-1-2-4-8(7)10;1-2/h3-6H,1-2,9-10H2;1-2H3/b6-5-;. The second-order valence-electron chi connectivity index (χ2n) is 2.26. The molecule has 0 saturated heterocycles. The van der Waals surface area contributed by atoms with E-state index in [9.17, 15) is 0 Å². The first-order valence-corrected chi connectivity index (χ1v) is 4.39. The van der Waals surface area contributed by atoms with Gasteiger partial charge in [0.15, 0.2) is 0 Å². The first-order chi connectivity index (χ1) is 5.84. The molecule has 0 aromatic rings. The molecule has 1 rings (SSSR count). The molecule has 0 fully saturated rings. The van der Waals surface area contributed by atoms with Crippen molar-refractivity contribution in [3.63, 3.8) is 0 Å². The van der Waals surface area contributed by atoms with Crippen molar-refractivity contribution in [1.82, 2.24) is 0 Å². The molecule has 68 valence electrons. The Hall–Kier alpha value is -1.18. The summed E-state index contributed by atoms with van der Waals surface area (Å²) in [5, 5.41) is 0. The lowest BCUT2D eigenvalue weighted by molar-refractivity contribution is 0.994. The molecule has 2 heteroatoms. The smallest absolute Gasteiger partial charge is 0.0344 e. The van der Waals surface area contributed by atoms with Gasteiger partial charge in [0, 0.05) is 5.70 Å². The van der Waals surface area contributed by atoms with E-state index < -0.39 is 0 Å². The zero-order valence-corrected chi connectivity index (χ0v) is 7.88. The SMILES string of the molecule is CC.N/C=C\C1=CCCC=C1N. The third-order valence-corrected chi connectivity index (χ3v) is 1.50. The van der Waals surface area contributed by atoms with Gasteiger partial charge < -0.3 is 11.5 Å². The van der Waals surface area contributed by atoms with E-state index in [0.29, 0.717) is 0 Å². The van der Waals surface area contributed by atoms with Crippen LogP contribution >= 0.6 is 0 Å². The van der Waals surface area contributed by atoms with Crippen LogP contribution in [0.3, 0.4) is 0 Å². The Labute approximate surface area is 74.6 Å². The molecule has 4 N–H and O–H groups in total. The highest BCUT2D eigenvalue weighted by molar-refractivity contribution is 5.39. The lowest BCUT2D eigenvalue weighted by atomic mass is 10.0. The number of allylic oxidation sites excluding steroid dienone is 3. The van der Waals surface area contributed by atoms with Crippen LogP contribution < -0.4 is 11.5 Å². The van der Waals surface area contributed by atoms with Crippen LogP contribution in [-0.4, -0.2) is 0 Å². The largest absolute Gasteiger partial charge is 0.405 e. The Bertz CT molecular complexity index is 200. The molecule has 0 heterocycles. The van der Waals surface area contributed by atoms with E-state index in [1.165, 1.54) is 6.20 Å². The topological polar surface area (TPSA) is 52.0 Å². The van der Waals surface area contributed by atoms with Crippen molar-refractivity contribution in [2.45, 2.75) is 26.7 Å². The summed E-state index contributed by atoms with van der Waals surface area (Å²) in [6.07, 6.45) is 9.57. The summed E-state index contributed by atoms with van der Waals surface area (Å²) < 4.78 is 0. The van der Waals surface area contributed by atoms with Crippen LogP contribution in [0, 0.1) is 0 Å². The molecule has 1 aliphatic rings. The second kappa shape index (κ2) is 6.53. The van der Waals surface area contributed by atoms with E-state index in [4.69, 9.17) is 11.5 Å². The molecule has 1 aliphatic carbocycles. The molecule has 0 saturated carbocycles. The highest BCUT2D eigenvalue weighted by atomic mass is 14.6. The Balaban J connectivity index is 0.000000561. The third kappa shape index (κ3) is 3.28. The molecule has 0 atom stereocenters. The van der Waals surface area contributed by atoms with Gasteiger partial charge in [0.1, 0.15) is 0 Å². The predicted molar refractivity (Wildman–Crippen MR) is 54.3 cm³/mol. The molecular weight excluding hydrogens is 148 g/mol. The molecule has 0 unspecified atom stereocenters. The fraction of sp³-hybridized carbons (Fsp3) is 0.400. The quantitative estimate of drug-likeness (QED) is 0.626. The zero-order chi connectivity index (χ0) is 9.40. The van der Waals surface area contributed by atoms with E-state index in [1.54, 1.807) is 0 Å². The van der Waals surface area contributed by atoms with Crippen molar-refractivity contribution in [3.8, 4) is 0 Å². The van der Waals surface area contributed by atoms with Crippen molar-refractivity contribution in [2.24, 2.45) is 11.5 Å². The Morgan fingerprint density at radius 1 is 1.25 bits per heavy atom. The highest BCUT2D eigenvalue weighted by Crippen LogP contribution is 2.14. The lowest BCUT2D eigenvalue weighted by Gasteiger charge is -2.06. The van der Waals surface area contributed by atoms with Gasteiger partial charge in [-0.15, -0.1) is 0 Å². The summed E-state index contributed by atoms with van der Waals surface area (Å²) in [5.41, 5.74) is 12.8. The van der Waals surface area contributed by atoms with Crippen LogP contribution in [0.2, 0.25) is 0 Å². The van der Waals surface area contributed by atoms with Crippen LogP contribution in [-0.2, 0) is 0 Å². The predicted octanol–water partition coefficient (Wildman–Crippen LogP) is 2.05. The van der Waals surface area contributed by atoms with Gasteiger partial charge in [-0.05, 0) is 30.7 Å². The number of nitrogens with two attached hydrogens (primary N) is 2. The molecule has 0 aliphatic heterocycles. The van der Waals surface area contributed by atoms with Gasteiger partial charge in [-0.25, -0.2) is 0 Å². The van der Waals surface area contributed by atoms with Crippen molar-refractivity contribution in [3.05, 3.63) is 35.7 Å². The minimum atomic E-state index is 0.841. The van der Waals surface area contributed by atoms with Crippen molar-refractivity contribution in [2.75, 3.05) is 0 Å². The number of rotatable bonds is 1. The average molecular weight is 166 g/mol. The maximum atomic E-state index is 5.65. The Kier molecular flexibility index (Phi) is 5.88. The van der Waals surface area contributed by atoms with Crippen molar-refractivity contribution >= 4 is 0 Å². The molecule has 12 heavy (non-hydrogen) atoms. The molecule has 0 amide bonds. The van der Waals surface area contributed by atoms with E-state index >= 15 is 0 Å². The molecule has 0 radical (unpaired) electrons. The van der Waals surface area contributed by atoms with Crippen LogP contribution in [0.1, 0.15) is 26.7 Å². The fourth-order valence-corrected chi connectivity index (χ4v) is 0.981. The van der Waals surface area contributed by atoms with Crippen LogP contribution in [0.4, 0.5) is 0 Å². The van der Waals surface area contributed by atoms with Gasteiger partial charge >= 0.3 is 0 Å². The molecule has 0 aromatic heterocycles. The summed E-state index contributed by atoms with van der Waals surface area (Å²) in [7, 11) is 0. The van der Waals surface area contributed by atoms with Crippen molar-refractivity contribution < 1.29 is 0 Å². The van der Waals surface area contributed by atoms with E-state index in [1.807, 2.05) is 26.0 Å². The first-order valence-electron chi connectivity index (χ1n) is 4.39. The van der Waals surface area contributed by atoms with E-state index in [0.717, 1.165) is 24.1 Å². The minimum Gasteiger partial charge on any atom is -0.405 e. The fourth-order valence-electron chi connectivity index (χ4n) is 0.981. The second-order valence-corrected chi connectivity index (χ2v) is 2.26. The Morgan fingerprint density at radius 2 is 1.83 bits per heavy atom. The maximum absolute atomic E-state index is 5.65. The van der Waals surface area contributed by atoms with Gasteiger partial charge in [-0.1, -0.05) is 26.0 Å². The van der Waals surface area contributed by atoms with Gasteiger partial charge in [0.2, 0.25) is 0 Å². The van der Waals surface area contributed by atoms with Crippen LogP contribution in [0.5, 0.6) is 0 Å². The zero-order valence-electron chi connectivity index (χ0n) is 7.88. The Morgan fingerprint density at radius 3 is 2.33 bits per heavy atom. The molecule has 0 spiro atoms. The van der Waals surface area contributed by atoms with Gasteiger partial charge in [-0.2, -0.15) is 0 Å². The first kappa shape index (κ1) is 10.8. The molecule has 2 nitrogen and oxygen atoms in total. The summed E-state index contributed by atoms with van der Waals surface area (Å²) in [5.74, 6) is 0. The monoisotopic (exact) mass is 166 g/mol. The van der Waals surface area contributed by atoms with Crippen LogP contribution in [0.25, 0.3) is 0 Å². The normalized spacial score (nSPS) is 16.2. The maximum Gasteiger partial charge on any atom is 0.0344 e. The number of hydrogen-bond acceptors (Lipinski definition) is 2. The van der Waals surface area contributed by atoms with Gasteiger partial charge in [-0.3, -0.25) is 0 Å². The van der Waals surface area contributed by atoms with E-state index in [-0.39, 0.29) is 0 Å². The summed E-state index contributed by atoms with van der Waals surface area (Å²) in [4.78, 5) is 0. The number of hydrogen-bond donors (Lipinski definition) is 2. The average Bonchev–Trinajstić information content (AvgIpc) is 2.13. The minimum absolute atomic E-state index is 0.841. The highest BCUT2D eigenvalue weighted by Gasteiger charge is 1.99. The molecule has 0 aromatic carbocycles. The van der Waals surface area contributed by atoms with Crippen molar-refractivity contribution in [1.29, 1.82) is 0 Å². The van der Waals surface area contributed by atoms with E-state index in [2.05, 4.69) is 6.08 Å².